The van der Waals surface area contributed by atoms with E-state index in [2.05, 4.69) is 10.6 Å². The summed E-state index contributed by atoms with van der Waals surface area (Å²) in [5, 5.41) is 15.8. The largest absolute Gasteiger partial charge is 0.444 e. The number of para-hydroxylation sites is 1. The minimum atomic E-state index is -1.05. The van der Waals surface area contributed by atoms with Crippen molar-refractivity contribution in [3.05, 3.63) is 64.2 Å². The number of nitrogens with zero attached hydrogens (tertiary/aromatic N) is 1. The van der Waals surface area contributed by atoms with Crippen LogP contribution in [0, 0.1) is 33.6 Å². The van der Waals surface area contributed by atoms with Crippen LogP contribution in [0.1, 0.15) is 74.9 Å². The Balaban J connectivity index is 2.62. The summed E-state index contributed by atoms with van der Waals surface area (Å²) >= 11 is 0. The van der Waals surface area contributed by atoms with Crippen molar-refractivity contribution in [3.63, 3.8) is 0 Å². The molecule has 39 heavy (non-hydrogen) atoms. The lowest BCUT2D eigenvalue weighted by Crippen LogP contribution is -2.55. The van der Waals surface area contributed by atoms with E-state index in [9.17, 15) is 19.5 Å². The third kappa shape index (κ3) is 8.55. The Morgan fingerprint density at radius 3 is 2.15 bits per heavy atom. The summed E-state index contributed by atoms with van der Waals surface area (Å²) < 4.78 is 5.44. The Labute approximate surface area is 233 Å². The number of anilines is 1. The van der Waals surface area contributed by atoms with Crippen LogP contribution in [0.25, 0.3) is 0 Å². The molecule has 0 aliphatic carbocycles. The third-order valence-corrected chi connectivity index (χ3v) is 6.79. The molecule has 2 aromatic rings. The highest BCUT2D eigenvalue weighted by molar-refractivity contribution is 6.00. The molecule has 0 heterocycles. The van der Waals surface area contributed by atoms with Crippen molar-refractivity contribution in [2.45, 2.75) is 86.4 Å². The predicted octanol–water partition coefficient (Wildman–Crippen LogP) is 5.36. The van der Waals surface area contributed by atoms with E-state index in [1.807, 2.05) is 77.9 Å². The van der Waals surface area contributed by atoms with Crippen LogP contribution in [-0.4, -0.2) is 52.7 Å². The number of aliphatic hydroxyl groups is 1. The van der Waals surface area contributed by atoms with Crippen LogP contribution in [0.15, 0.2) is 36.4 Å². The van der Waals surface area contributed by atoms with Gasteiger partial charge in [-0.15, -0.1) is 0 Å². The van der Waals surface area contributed by atoms with Crippen LogP contribution in [0.4, 0.5) is 10.5 Å². The third-order valence-electron chi connectivity index (χ3n) is 6.79. The second-order valence-electron chi connectivity index (χ2n) is 11.3. The molecule has 214 valence electrons. The average Bonchev–Trinajstić information content (AvgIpc) is 2.84. The fourth-order valence-corrected chi connectivity index (χ4v) is 4.48. The topological polar surface area (TPSA) is 108 Å². The lowest BCUT2D eigenvalue weighted by Gasteiger charge is -2.36. The Kier molecular flexibility index (Phi) is 11.1. The van der Waals surface area contributed by atoms with Crippen LogP contribution in [-0.2, 0) is 14.3 Å². The second-order valence-corrected chi connectivity index (χ2v) is 11.3. The van der Waals surface area contributed by atoms with Gasteiger partial charge in [0.05, 0.1) is 6.61 Å². The number of aliphatic hydroxyl groups excluding tert-OH is 1. The SMILES string of the molecule is CCC(C)C(NC(=O)OC(C)(C)C)C(=O)N(CCO)C(C(=O)Nc1c(C)cccc1C)c1cc(C)ccc1C. The molecule has 8 heteroatoms. The van der Waals surface area contributed by atoms with Gasteiger partial charge < -0.3 is 25.4 Å². The Morgan fingerprint density at radius 2 is 1.62 bits per heavy atom. The number of nitrogens with one attached hydrogen (secondary N) is 2. The molecule has 3 amide bonds. The van der Waals surface area contributed by atoms with Crippen molar-refractivity contribution in [2.75, 3.05) is 18.5 Å². The molecule has 2 rings (SSSR count). The first-order valence-corrected chi connectivity index (χ1v) is 13.5. The molecule has 3 atom stereocenters. The fourth-order valence-electron chi connectivity index (χ4n) is 4.48. The van der Waals surface area contributed by atoms with Gasteiger partial charge in [-0.1, -0.05) is 62.2 Å². The highest BCUT2D eigenvalue weighted by atomic mass is 16.6. The molecule has 0 fully saturated rings. The maximum absolute atomic E-state index is 14.2. The summed E-state index contributed by atoms with van der Waals surface area (Å²) in [6.07, 6.45) is -0.115. The summed E-state index contributed by atoms with van der Waals surface area (Å²) in [5.74, 6) is -1.12. The van der Waals surface area contributed by atoms with E-state index < -0.39 is 35.6 Å². The lowest BCUT2D eigenvalue weighted by molar-refractivity contribution is -0.142. The number of benzene rings is 2. The first-order chi connectivity index (χ1) is 18.2. The highest BCUT2D eigenvalue weighted by Crippen LogP contribution is 2.30. The molecular formula is C31H45N3O5. The van der Waals surface area contributed by atoms with E-state index in [0.717, 1.165) is 22.3 Å². The van der Waals surface area contributed by atoms with E-state index >= 15 is 0 Å². The van der Waals surface area contributed by atoms with Gasteiger partial charge in [-0.3, -0.25) is 9.59 Å². The standard InChI is InChI=1S/C31H45N3O5/c1-10-20(3)26(33-30(38)39-31(7,8)9)29(37)34(16-17-35)27(24-18-19(2)14-15-21(24)4)28(36)32-25-22(5)12-11-13-23(25)6/h11-15,18,20,26-27,35H,10,16-17H2,1-9H3,(H,32,36)(H,33,38). The summed E-state index contributed by atoms with van der Waals surface area (Å²) in [4.78, 5) is 42.4. The number of amides is 3. The van der Waals surface area contributed by atoms with Gasteiger partial charge in [-0.2, -0.15) is 0 Å². The van der Waals surface area contributed by atoms with Crippen molar-refractivity contribution < 1.29 is 24.2 Å². The maximum Gasteiger partial charge on any atom is 0.408 e. The van der Waals surface area contributed by atoms with E-state index in [-0.39, 0.29) is 19.1 Å². The van der Waals surface area contributed by atoms with Gasteiger partial charge in [0.1, 0.15) is 17.7 Å². The molecule has 3 N–H and O–H groups in total. The molecular weight excluding hydrogens is 494 g/mol. The van der Waals surface area contributed by atoms with Gasteiger partial charge in [0.2, 0.25) is 5.91 Å². The van der Waals surface area contributed by atoms with Crippen LogP contribution in [0.5, 0.6) is 0 Å². The molecule has 0 aromatic heterocycles. The summed E-state index contributed by atoms with van der Waals surface area (Å²) in [7, 11) is 0. The zero-order valence-electron chi connectivity index (χ0n) is 24.8. The van der Waals surface area contributed by atoms with Gasteiger partial charge in [0, 0.05) is 12.2 Å². The first-order valence-electron chi connectivity index (χ1n) is 13.5. The molecule has 0 radical (unpaired) electrons. The van der Waals surface area contributed by atoms with Gasteiger partial charge in [0.15, 0.2) is 0 Å². The van der Waals surface area contributed by atoms with Crippen molar-refractivity contribution in [3.8, 4) is 0 Å². The molecule has 0 aliphatic heterocycles. The molecule has 3 unspecified atom stereocenters. The van der Waals surface area contributed by atoms with Crippen molar-refractivity contribution in [1.29, 1.82) is 0 Å². The Hall–Kier alpha value is -3.39. The van der Waals surface area contributed by atoms with Crippen LogP contribution >= 0.6 is 0 Å². The molecule has 0 saturated heterocycles. The number of carbonyl (C=O) groups excluding carboxylic acids is 3. The predicted molar refractivity (Wildman–Crippen MR) is 155 cm³/mol. The molecule has 0 spiro atoms. The number of ether oxygens (including phenoxy) is 1. The molecule has 2 aromatic carbocycles. The Bertz CT molecular complexity index is 1150. The van der Waals surface area contributed by atoms with Gasteiger partial charge in [-0.25, -0.2) is 4.79 Å². The minimum absolute atomic E-state index is 0.0972. The number of alkyl carbamates (subject to hydrolysis) is 1. The van der Waals surface area contributed by atoms with Gasteiger partial charge in [0.25, 0.3) is 5.91 Å². The number of carbonyl (C=O) groups is 3. The zero-order valence-corrected chi connectivity index (χ0v) is 24.8. The van der Waals surface area contributed by atoms with E-state index in [1.165, 1.54) is 4.90 Å². The first kappa shape index (κ1) is 31.8. The van der Waals surface area contributed by atoms with Crippen LogP contribution < -0.4 is 10.6 Å². The summed E-state index contributed by atoms with van der Waals surface area (Å²) in [5.41, 5.74) is 4.14. The van der Waals surface area contributed by atoms with Crippen molar-refractivity contribution in [1.82, 2.24) is 10.2 Å². The summed E-state index contributed by atoms with van der Waals surface area (Å²) in [6.45, 7) is 16.2. The monoisotopic (exact) mass is 539 g/mol. The highest BCUT2D eigenvalue weighted by Gasteiger charge is 2.38. The molecule has 0 aliphatic rings. The number of aryl methyl sites for hydroxylation is 4. The maximum atomic E-state index is 14.2. The molecule has 0 bridgehead atoms. The number of rotatable bonds is 10. The lowest BCUT2D eigenvalue weighted by atomic mass is 9.93. The van der Waals surface area contributed by atoms with E-state index in [0.29, 0.717) is 17.7 Å². The van der Waals surface area contributed by atoms with Crippen molar-refractivity contribution >= 4 is 23.6 Å². The zero-order chi connectivity index (χ0) is 29.5. The number of hydrogen-bond acceptors (Lipinski definition) is 5. The van der Waals surface area contributed by atoms with E-state index in [4.69, 9.17) is 4.74 Å². The van der Waals surface area contributed by atoms with Crippen molar-refractivity contribution in [2.24, 2.45) is 5.92 Å². The normalized spacial score (nSPS) is 13.7. The quantitative estimate of drug-likeness (QED) is 0.377. The average molecular weight is 540 g/mol. The smallest absolute Gasteiger partial charge is 0.408 e. The van der Waals surface area contributed by atoms with Gasteiger partial charge >= 0.3 is 6.09 Å². The minimum Gasteiger partial charge on any atom is -0.444 e. The second kappa shape index (κ2) is 13.6. The Morgan fingerprint density at radius 1 is 1.00 bits per heavy atom. The molecule has 0 saturated carbocycles. The number of hydrogen-bond donors (Lipinski definition) is 3. The van der Waals surface area contributed by atoms with Crippen LogP contribution in [0.2, 0.25) is 0 Å². The molecule has 8 nitrogen and oxygen atoms in total. The van der Waals surface area contributed by atoms with Gasteiger partial charge in [-0.05, 0) is 76.6 Å². The fraction of sp³-hybridized carbons (Fsp3) is 0.516. The van der Waals surface area contributed by atoms with E-state index in [1.54, 1.807) is 20.8 Å². The van der Waals surface area contributed by atoms with Crippen LogP contribution in [0.3, 0.4) is 0 Å². The summed E-state index contributed by atoms with van der Waals surface area (Å²) in [6, 6.07) is 9.49.